The largest absolute Gasteiger partial charge is 0.394 e. The van der Waals surface area contributed by atoms with Crippen molar-refractivity contribution in [2.24, 2.45) is 0 Å². The van der Waals surface area contributed by atoms with Crippen LogP contribution >= 0.6 is 0 Å². The maximum atomic E-state index is 11.9. The lowest BCUT2D eigenvalue weighted by atomic mass is 10.1. The molecule has 100 valence electrons. The van der Waals surface area contributed by atoms with Crippen molar-refractivity contribution < 1.29 is 14.6 Å². The molecule has 0 aromatic rings. The van der Waals surface area contributed by atoms with Gasteiger partial charge in [-0.05, 0) is 20.8 Å². The molecule has 0 aromatic heterocycles. The smallest absolute Gasteiger partial charge is 0.224 e. The minimum atomic E-state index is -0.219. The number of aliphatic hydroxyl groups excluding tert-OH is 1. The summed E-state index contributed by atoms with van der Waals surface area (Å²) in [5.41, 5.74) is 0.0406. The highest BCUT2D eigenvalue weighted by atomic mass is 16.5. The minimum absolute atomic E-state index is 0.0238. The zero-order valence-electron chi connectivity index (χ0n) is 11.0. The number of rotatable bonds is 4. The molecule has 1 unspecified atom stereocenters. The van der Waals surface area contributed by atoms with Crippen molar-refractivity contribution in [3.8, 4) is 0 Å². The van der Waals surface area contributed by atoms with E-state index in [-0.39, 0.29) is 24.2 Å². The second kappa shape index (κ2) is 6.33. The van der Waals surface area contributed by atoms with E-state index in [0.717, 1.165) is 0 Å². The van der Waals surface area contributed by atoms with Crippen LogP contribution in [0.25, 0.3) is 0 Å². The molecule has 1 amide bonds. The first-order valence-corrected chi connectivity index (χ1v) is 6.17. The number of carbonyl (C=O) groups excluding carboxylic acids is 1. The van der Waals surface area contributed by atoms with Crippen molar-refractivity contribution in [1.29, 1.82) is 0 Å². The van der Waals surface area contributed by atoms with Gasteiger partial charge in [0, 0.05) is 31.6 Å². The first kappa shape index (κ1) is 14.4. The molecule has 0 bridgehead atoms. The number of hydrogen-bond donors (Lipinski definition) is 2. The highest BCUT2D eigenvalue weighted by Crippen LogP contribution is 2.06. The molecule has 17 heavy (non-hydrogen) atoms. The van der Waals surface area contributed by atoms with E-state index in [0.29, 0.717) is 32.7 Å². The molecule has 5 heteroatoms. The fourth-order valence-electron chi connectivity index (χ4n) is 1.76. The van der Waals surface area contributed by atoms with E-state index in [9.17, 15) is 4.79 Å². The van der Waals surface area contributed by atoms with Crippen LogP contribution in [0.3, 0.4) is 0 Å². The highest BCUT2D eigenvalue weighted by molar-refractivity contribution is 5.76. The van der Waals surface area contributed by atoms with Gasteiger partial charge < -0.3 is 20.1 Å². The Morgan fingerprint density at radius 3 is 2.82 bits per heavy atom. The van der Waals surface area contributed by atoms with Gasteiger partial charge in [0.15, 0.2) is 0 Å². The third-order valence-electron chi connectivity index (χ3n) is 2.69. The van der Waals surface area contributed by atoms with E-state index in [4.69, 9.17) is 9.84 Å². The Bertz CT molecular complexity index is 251. The van der Waals surface area contributed by atoms with Crippen LogP contribution in [0, 0.1) is 0 Å². The third-order valence-corrected chi connectivity index (χ3v) is 2.69. The lowest BCUT2D eigenvalue weighted by Crippen LogP contribution is -2.48. The standard InChI is InChI=1S/C12H24N2O3/c1-12(2,3)13-5-4-11(16)14-6-7-17-10(8-14)9-15/h10,13,15H,4-9H2,1-3H3. The average Bonchev–Trinajstić information content (AvgIpc) is 2.27. The van der Waals surface area contributed by atoms with Crippen molar-refractivity contribution in [2.45, 2.75) is 38.8 Å². The van der Waals surface area contributed by atoms with Gasteiger partial charge in [-0.15, -0.1) is 0 Å². The summed E-state index contributed by atoms with van der Waals surface area (Å²) in [6.45, 7) is 8.54. The minimum Gasteiger partial charge on any atom is -0.394 e. The van der Waals surface area contributed by atoms with Crippen molar-refractivity contribution in [3.63, 3.8) is 0 Å². The molecular formula is C12H24N2O3. The molecule has 1 rings (SSSR count). The molecule has 1 atom stereocenters. The van der Waals surface area contributed by atoms with E-state index in [2.05, 4.69) is 26.1 Å². The third kappa shape index (κ3) is 5.48. The zero-order valence-corrected chi connectivity index (χ0v) is 11.0. The van der Waals surface area contributed by atoms with Gasteiger partial charge in [-0.2, -0.15) is 0 Å². The van der Waals surface area contributed by atoms with Crippen LogP contribution < -0.4 is 5.32 Å². The fraction of sp³-hybridized carbons (Fsp3) is 0.917. The van der Waals surface area contributed by atoms with E-state index in [1.165, 1.54) is 0 Å². The quantitative estimate of drug-likeness (QED) is 0.730. The number of ether oxygens (including phenoxy) is 1. The SMILES string of the molecule is CC(C)(C)NCCC(=O)N1CCOC(CO)C1. The summed E-state index contributed by atoms with van der Waals surface area (Å²) in [7, 11) is 0. The number of morpholine rings is 1. The van der Waals surface area contributed by atoms with Gasteiger partial charge in [-0.25, -0.2) is 0 Å². The van der Waals surface area contributed by atoms with Gasteiger partial charge in [0.05, 0.1) is 19.3 Å². The van der Waals surface area contributed by atoms with Crippen molar-refractivity contribution >= 4 is 5.91 Å². The van der Waals surface area contributed by atoms with Crippen LogP contribution in [0.5, 0.6) is 0 Å². The number of nitrogens with zero attached hydrogens (tertiary/aromatic N) is 1. The van der Waals surface area contributed by atoms with Crippen molar-refractivity contribution in [2.75, 3.05) is 32.8 Å². The molecule has 0 spiro atoms. The molecule has 0 saturated carbocycles. The van der Waals surface area contributed by atoms with Gasteiger partial charge in [0.25, 0.3) is 0 Å². The molecule has 2 N–H and O–H groups in total. The molecule has 1 aliphatic rings. The molecular weight excluding hydrogens is 220 g/mol. The van der Waals surface area contributed by atoms with Crippen molar-refractivity contribution in [1.82, 2.24) is 10.2 Å². The molecule has 0 aliphatic carbocycles. The van der Waals surface area contributed by atoms with Crippen LogP contribution in [-0.4, -0.2) is 60.4 Å². The molecule has 1 fully saturated rings. The maximum absolute atomic E-state index is 11.9. The van der Waals surface area contributed by atoms with E-state index >= 15 is 0 Å². The van der Waals surface area contributed by atoms with Gasteiger partial charge in [0.2, 0.25) is 5.91 Å². The zero-order chi connectivity index (χ0) is 12.9. The van der Waals surface area contributed by atoms with Gasteiger partial charge in [0.1, 0.15) is 0 Å². The summed E-state index contributed by atoms with van der Waals surface area (Å²) in [5, 5.41) is 12.3. The second-order valence-corrected chi connectivity index (χ2v) is 5.44. The Hall–Kier alpha value is -0.650. The number of nitrogens with one attached hydrogen (secondary N) is 1. The first-order chi connectivity index (χ1) is 7.92. The summed E-state index contributed by atoms with van der Waals surface area (Å²) in [6.07, 6.45) is 0.276. The molecule has 0 aromatic carbocycles. The van der Waals surface area contributed by atoms with Crippen LogP contribution in [-0.2, 0) is 9.53 Å². The molecule has 5 nitrogen and oxygen atoms in total. The molecule has 1 heterocycles. The number of amides is 1. The van der Waals surface area contributed by atoms with Crippen LogP contribution in [0.4, 0.5) is 0 Å². The molecule has 0 radical (unpaired) electrons. The normalized spacial score (nSPS) is 21.6. The maximum Gasteiger partial charge on any atom is 0.224 e. The highest BCUT2D eigenvalue weighted by Gasteiger charge is 2.23. The average molecular weight is 244 g/mol. The van der Waals surface area contributed by atoms with E-state index < -0.39 is 0 Å². The van der Waals surface area contributed by atoms with Crippen LogP contribution in [0.2, 0.25) is 0 Å². The van der Waals surface area contributed by atoms with E-state index in [1.54, 1.807) is 4.90 Å². The molecule has 1 aliphatic heterocycles. The predicted molar refractivity (Wildman–Crippen MR) is 65.8 cm³/mol. The Labute approximate surface area is 103 Å². The summed E-state index contributed by atoms with van der Waals surface area (Å²) in [4.78, 5) is 13.7. The number of carbonyl (C=O) groups is 1. The lowest BCUT2D eigenvalue weighted by molar-refractivity contribution is -0.140. The van der Waals surface area contributed by atoms with Crippen LogP contribution in [0.15, 0.2) is 0 Å². The number of hydrogen-bond acceptors (Lipinski definition) is 4. The Morgan fingerprint density at radius 1 is 1.53 bits per heavy atom. The Kier molecular flexibility index (Phi) is 5.36. The Morgan fingerprint density at radius 2 is 2.24 bits per heavy atom. The second-order valence-electron chi connectivity index (χ2n) is 5.44. The monoisotopic (exact) mass is 244 g/mol. The summed E-state index contributed by atoms with van der Waals surface area (Å²) in [5.74, 6) is 0.128. The number of aliphatic hydroxyl groups is 1. The van der Waals surface area contributed by atoms with Gasteiger partial charge >= 0.3 is 0 Å². The van der Waals surface area contributed by atoms with E-state index in [1.807, 2.05) is 0 Å². The van der Waals surface area contributed by atoms with Gasteiger partial charge in [-0.1, -0.05) is 0 Å². The van der Waals surface area contributed by atoms with Crippen LogP contribution in [0.1, 0.15) is 27.2 Å². The lowest BCUT2D eigenvalue weighted by Gasteiger charge is -2.32. The van der Waals surface area contributed by atoms with Crippen molar-refractivity contribution in [3.05, 3.63) is 0 Å². The van der Waals surface area contributed by atoms with Gasteiger partial charge in [-0.3, -0.25) is 4.79 Å². The summed E-state index contributed by atoms with van der Waals surface area (Å²) in [6, 6.07) is 0. The topological polar surface area (TPSA) is 61.8 Å². The predicted octanol–water partition coefficient (Wildman–Crippen LogP) is -0.0157. The fourth-order valence-corrected chi connectivity index (χ4v) is 1.76. The first-order valence-electron chi connectivity index (χ1n) is 6.17. The Balaban J connectivity index is 2.27. The summed E-state index contributed by atoms with van der Waals surface area (Å²) >= 11 is 0. The summed E-state index contributed by atoms with van der Waals surface area (Å²) < 4.78 is 5.31. The molecule has 1 saturated heterocycles.